The van der Waals surface area contributed by atoms with E-state index >= 15 is 0 Å². The van der Waals surface area contributed by atoms with Crippen LogP contribution in [0.4, 0.5) is 5.69 Å². The first kappa shape index (κ1) is 18.0. The van der Waals surface area contributed by atoms with Crippen LogP contribution >= 0.6 is 0 Å². The van der Waals surface area contributed by atoms with Crippen LogP contribution in [0.3, 0.4) is 0 Å². The van der Waals surface area contributed by atoms with Crippen LogP contribution in [0.2, 0.25) is 0 Å². The molecule has 0 radical (unpaired) electrons. The minimum atomic E-state index is -1.56. The summed E-state index contributed by atoms with van der Waals surface area (Å²) in [7, 11) is 0. The molecule has 0 atom stereocenters. The Kier molecular flexibility index (Phi) is 5.38. The lowest BCUT2D eigenvalue weighted by Crippen LogP contribution is -2.27. The van der Waals surface area contributed by atoms with Gasteiger partial charge in [-0.2, -0.15) is 0 Å². The predicted molar refractivity (Wildman–Crippen MR) is 85.1 cm³/mol. The van der Waals surface area contributed by atoms with Crippen molar-refractivity contribution in [1.82, 2.24) is 0 Å². The van der Waals surface area contributed by atoms with E-state index in [4.69, 9.17) is 4.74 Å². The van der Waals surface area contributed by atoms with E-state index in [1.807, 2.05) is 26.0 Å². The van der Waals surface area contributed by atoms with Gasteiger partial charge in [-0.15, -0.1) is 0 Å². The molecular weight excluding hydrogens is 326 g/mol. The van der Waals surface area contributed by atoms with Crippen LogP contribution in [0, 0.1) is 13.8 Å². The number of rotatable bonds is 6. The average Bonchev–Trinajstić information content (AvgIpc) is 2.55. The second kappa shape index (κ2) is 7.48. The Morgan fingerprint density at radius 2 is 1.56 bits per heavy atom. The van der Waals surface area contributed by atoms with Crippen molar-refractivity contribution in [3.8, 4) is 5.75 Å². The van der Waals surface area contributed by atoms with E-state index in [0.717, 1.165) is 29.3 Å². The predicted octanol–water partition coefficient (Wildman–Crippen LogP) is 0.0479. The normalized spacial score (nSPS) is 10.2. The number of nitrogens with one attached hydrogen (secondary N) is 1. The van der Waals surface area contributed by atoms with Gasteiger partial charge in [-0.3, -0.25) is 4.79 Å². The lowest BCUT2D eigenvalue weighted by molar-refractivity contribution is -0.255. The number of ether oxygens (including phenoxy) is 1. The number of carboxylic acids is 2. The van der Waals surface area contributed by atoms with E-state index in [0.29, 0.717) is 5.75 Å². The molecule has 0 fully saturated rings. The van der Waals surface area contributed by atoms with Crippen LogP contribution in [0.5, 0.6) is 5.75 Å². The highest BCUT2D eigenvalue weighted by Crippen LogP contribution is 2.19. The van der Waals surface area contributed by atoms with Crippen molar-refractivity contribution in [2.75, 3.05) is 11.9 Å². The number of hydrogen-bond acceptors (Lipinski definition) is 6. The third-order valence-corrected chi connectivity index (χ3v) is 3.39. The fourth-order valence-electron chi connectivity index (χ4n) is 2.14. The van der Waals surface area contributed by atoms with Gasteiger partial charge < -0.3 is 29.9 Å². The highest BCUT2D eigenvalue weighted by Gasteiger charge is 2.09. The largest absolute Gasteiger partial charge is 0.545 e. The van der Waals surface area contributed by atoms with Crippen LogP contribution in [-0.4, -0.2) is 24.5 Å². The molecule has 0 spiro atoms. The number of carboxylic acid groups (broad SMARTS) is 2. The maximum absolute atomic E-state index is 12.0. The summed E-state index contributed by atoms with van der Waals surface area (Å²) in [5.41, 5.74) is 1.06. The molecule has 130 valence electrons. The highest BCUT2D eigenvalue weighted by atomic mass is 16.5. The van der Waals surface area contributed by atoms with E-state index in [2.05, 4.69) is 5.32 Å². The van der Waals surface area contributed by atoms with Gasteiger partial charge in [0.15, 0.2) is 6.61 Å². The molecule has 2 rings (SSSR count). The fraction of sp³-hybridized carbons (Fsp3) is 0.167. The van der Waals surface area contributed by atoms with Gasteiger partial charge in [0.05, 0.1) is 11.9 Å². The molecule has 1 N–H and O–H groups in total. The molecule has 0 heterocycles. The first-order valence-corrected chi connectivity index (χ1v) is 7.34. The van der Waals surface area contributed by atoms with Crippen molar-refractivity contribution in [1.29, 1.82) is 0 Å². The maximum atomic E-state index is 12.0. The summed E-state index contributed by atoms with van der Waals surface area (Å²) < 4.78 is 5.44. The second-order valence-electron chi connectivity index (χ2n) is 5.48. The van der Waals surface area contributed by atoms with Crippen molar-refractivity contribution in [3.63, 3.8) is 0 Å². The Labute approximate surface area is 143 Å². The second-order valence-corrected chi connectivity index (χ2v) is 5.48. The topological polar surface area (TPSA) is 119 Å². The molecule has 2 aromatic carbocycles. The van der Waals surface area contributed by atoms with Gasteiger partial charge in [0, 0.05) is 5.69 Å². The molecule has 0 unspecified atom stereocenters. The molecule has 0 bridgehead atoms. The zero-order chi connectivity index (χ0) is 18.6. The van der Waals surface area contributed by atoms with Crippen LogP contribution in [0.15, 0.2) is 36.4 Å². The highest BCUT2D eigenvalue weighted by molar-refractivity contribution is 5.97. The van der Waals surface area contributed by atoms with Gasteiger partial charge in [0.25, 0.3) is 5.91 Å². The number of benzene rings is 2. The SMILES string of the molecule is Cc1ccc(C)c(OCC(=O)Nc2cc(C(=O)[O-])cc(C(=O)[O-])c2)c1. The van der Waals surface area contributed by atoms with Crippen molar-refractivity contribution in [2.45, 2.75) is 13.8 Å². The molecule has 0 aliphatic heterocycles. The summed E-state index contributed by atoms with van der Waals surface area (Å²) in [5, 5.41) is 24.3. The molecule has 0 saturated heterocycles. The molecule has 7 nitrogen and oxygen atoms in total. The number of aryl methyl sites for hydroxylation is 2. The lowest BCUT2D eigenvalue weighted by Gasteiger charge is -2.13. The Balaban J connectivity index is 2.10. The minimum Gasteiger partial charge on any atom is -0.545 e. The van der Waals surface area contributed by atoms with Crippen molar-refractivity contribution in [3.05, 3.63) is 58.7 Å². The lowest BCUT2D eigenvalue weighted by atomic mass is 10.1. The first-order chi connectivity index (χ1) is 11.8. The fourth-order valence-corrected chi connectivity index (χ4v) is 2.14. The van der Waals surface area contributed by atoms with E-state index in [1.165, 1.54) is 0 Å². The van der Waals surface area contributed by atoms with Gasteiger partial charge >= 0.3 is 0 Å². The summed E-state index contributed by atoms with van der Waals surface area (Å²) in [5.74, 6) is -3.15. The summed E-state index contributed by atoms with van der Waals surface area (Å²) in [4.78, 5) is 33.8. The summed E-state index contributed by atoms with van der Waals surface area (Å²) in [6.45, 7) is 3.40. The number of aromatic carboxylic acids is 2. The van der Waals surface area contributed by atoms with E-state index < -0.39 is 17.8 Å². The summed E-state index contributed by atoms with van der Waals surface area (Å²) in [6.07, 6.45) is 0. The maximum Gasteiger partial charge on any atom is 0.262 e. The number of carbonyl (C=O) groups is 3. The average molecular weight is 341 g/mol. The number of carbonyl (C=O) groups excluding carboxylic acids is 3. The molecule has 25 heavy (non-hydrogen) atoms. The number of anilines is 1. The van der Waals surface area contributed by atoms with Crippen molar-refractivity contribution < 1.29 is 29.3 Å². The van der Waals surface area contributed by atoms with Gasteiger partial charge in [0.1, 0.15) is 5.75 Å². The Morgan fingerprint density at radius 1 is 0.960 bits per heavy atom. The van der Waals surface area contributed by atoms with Crippen LogP contribution in [0.1, 0.15) is 31.8 Å². The standard InChI is InChI=1S/C18H17NO6/c1-10-3-4-11(2)15(5-10)25-9-16(20)19-14-7-12(17(21)22)6-13(8-14)18(23)24/h3-8H,9H2,1-2H3,(H,19,20)(H,21,22)(H,23,24)/p-2. The summed E-state index contributed by atoms with van der Waals surface area (Å²) >= 11 is 0. The molecule has 0 aliphatic carbocycles. The monoisotopic (exact) mass is 341 g/mol. The Hall–Kier alpha value is -3.35. The van der Waals surface area contributed by atoms with E-state index in [-0.39, 0.29) is 23.4 Å². The molecule has 2 aromatic rings. The molecule has 0 aliphatic rings. The minimum absolute atomic E-state index is 0.00420. The van der Waals surface area contributed by atoms with Crippen molar-refractivity contribution >= 4 is 23.5 Å². The molecule has 1 amide bonds. The molecule has 0 aromatic heterocycles. The van der Waals surface area contributed by atoms with E-state index in [1.54, 1.807) is 6.07 Å². The molecule has 7 heteroatoms. The smallest absolute Gasteiger partial charge is 0.262 e. The zero-order valence-electron chi connectivity index (χ0n) is 13.6. The third-order valence-electron chi connectivity index (χ3n) is 3.39. The van der Waals surface area contributed by atoms with Crippen LogP contribution in [0.25, 0.3) is 0 Å². The van der Waals surface area contributed by atoms with Gasteiger partial charge in [-0.25, -0.2) is 0 Å². The van der Waals surface area contributed by atoms with Gasteiger partial charge in [-0.1, -0.05) is 12.1 Å². The van der Waals surface area contributed by atoms with Crippen molar-refractivity contribution in [2.24, 2.45) is 0 Å². The third kappa shape index (κ3) is 4.81. The van der Waals surface area contributed by atoms with Crippen LogP contribution in [-0.2, 0) is 4.79 Å². The Morgan fingerprint density at radius 3 is 2.12 bits per heavy atom. The first-order valence-electron chi connectivity index (χ1n) is 7.34. The summed E-state index contributed by atoms with van der Waals surface area (Å²) in [6, 6.07) is 8.64. The molecular formula is C18H15NO6-2. The Bertz CT molecular complexity index is 811. The number of hydrogen-bond donors (Lipinski definition) is 1. The van der Waals surface area contributed by atoms with E-state index in [9.17, 15) is 24.6 Å². The zero-order valence-corrected chi connectivity index (χ0v) is 13.6. The van der Waals surface area contributed by atoms with Gasteiger partial charge in [-0.05, 0) is 60.4 Å². The quantitative estimate of drug-likeness (QED) is 0.793. The number of amides is 1. The van der Waals surface area contributed by atoms with Crippen LogP contribution < -0.4 is 20.3 Å². The van der Waals surface area contributed by atoms with Gasteiger partial charge in [0.2, 0.25) is 0 Å². The molecule has 0 saturated carbocycles.